The third-order valence-electron chi connectivity index (χ3n) is 2.24. The highest BCUT2D eigenvalue weighted by Gasteiger charge is 2.14. The van der Waals surface area contributed by atoms with Crippen LogP contribution in [0.25, 0.3) is 0 Å². The maximum atomic E-state index is 11.2. The van der Waals surface area contributed by atoms with Crippen LogP contribution in [-0.4, -0.2) is 25.7 Å². The van der Waals surface area contributed by atoms with Crippen molar-refractivity contribution in [1.82, 2.24) is 5.32 Å². The molecule has 84 valence electrons. The van der Waals surface area contributed by atoms with Crippen LogP contribution in [0.4, 0.5) is 0 Å². The first-order valence-electron chi connectivity index (χ1n) is 5.43. The predicted molar refractivity (Wildman–Crippen MR) is 58.2 cm³/mol. The van der Waals surface area contributed by atoms with Crippen LogP contribution in [0.1, 0.15) is 40.0 Å². The van der Waals surface area contributed by atoms with E-state index in [4.69, 9.17) is 0 Å². The van der Waals surface area contributed by atoms with Gasteiger partial charge in [-0.05, 0) is 31.7 Å². The second-order valence-corrected chi connectivity index (χ2v) is 3.97. The molecule has 3 nitrogen and oxygen atoms in total. The van der Waals surface area contributed by atoms with Gasteiger partial charge in [-0.25, -0.2) is 0 Å². The van der Waals surface area contributed by atoms with Crippen molar-refractivity contribution < 1.29 is 9.53 Å². The quantitative estimate of drug-likeness (QED) is 0.505. The highest BCUT2D eigenvalue weighted by molar-refractivity contribution is 5.75. The van der Waals surface area contributed by atoms with Gasteiger partial charge in [0.15, 0.2) is 0 Å². The molecule has 0 fully saturated rings. The zero-order valence-electron chi connectivity index (χ0n) is 9.80. The van der Waals surface area contributed by atoms with Crippen LogP contribution in [-0.2, 0) is 9.53 Å². The summed E-state index contributed by atoms with van der Waals surface area (Å²) in [4.78, 5) is 11.2. The predicted octanol–water partition coefficient (Wildman–Crippen LogP) is 1.96. The second kappa shape index (κ2) is 7.80. The average molecular weight is 201 g/mol. The van der Waals surface area contributed by atoms with Crippen molar-refractivity contribution in [3.63, 3.8) is 0 Å². The number of hydrogen-bond donors (Lipinski definition) is 1. The molecule has 1 atom stereocenters. The molecule has 0 amide bonds. The molecular formula is C11H23NO2. The third kappa shape index (κ3) is 5.97. The smallest absolute Gasteiger partial charge is 0.322 e. The first-order valence-corrected chi connectivity index (χ1v) is 5.43. The first-order chi connectivity index (χ1) is 6.61. The molecule has 0 radical (unpaired) electrons. The van der Waals surface area contributed by atoms with E-state index in [-0.39, 0.29) is 12.0 Å². The number of hydrogen-bond acceptors (Lipinski definition) is 3. The summed E-state index contributed by atoms with van der Waals surface area (Å²) in [6.07, 6.45) is 3.10. The molecule has 0 saturated carbocycles. The van der Waals surface area contributed by atoms with Gasteiger partial charge in [-0.2, -0.15) is 0 Å². The number of carbonyl (C=O) groups excluding carboxylic acids is 1. The fourth-order valence-electron chi connectivity index (χ4n) is 1.32. The van der Waals surface area contributed by atoms with E-state index < -0.39 is 0 Å². The summed E-state index contributed by atoms with van der Waals surface area (Å²) in [7, 11) is 1.43. The third-order valence-corrected chi connectivity index (χ3v) is 2.24. The monoisotopic (exact) mass is 201 g/mol. The Bertz CT molecular complexity index is 157. The van der Waals surface area contributed by atoms with E-state index in [9.17, 15) is 4.79 Å². The summed E-state index contributed by atoms with van der Waals surface area (Å²) >= 11 is 0. The number of carbonyl (C=O) groups is 1. The summed E-state index contributed by atoms with van der Waals surface area (Å²) < 4.78 is 4.68. The SMILES string of the molecule is CCC(NCCCC(C)C)C(=O)OC. The van der Waals surface area contributed by atoms with Gasteiger partial charge < -0.3 is 10.1 Å². The van der Waals surface area contributed by atoms with E-state index >= 15 is 0 Å². The van der Waals surface area contributed by atoms with E-state index in [0.29, 0.717) is 0 Å². The Hall–Kier alpha value is -0.570. The Labute approximate surface area is 87.2 Å². The summed E-state index contributed by atoms with van der Waals surface area (Å²) in [5, 5.41) is 3.20. The van der Waals surface area contributed by atoms with Crippen LogP contribution in [0.3, 0.4) is 0 Å². The minimum absolute atomic E-state index is 0.132. The maximum absolute atomic E-state index is 11.2. The van der Waals surface area contributed by atoms with E-state index in [1.54, 1.807) is 0 Å². The summed E-state index contributed by atoms with van der Waals surface area (Å²) in [5.41, 5.74) is 0. The lowest BCUT2D eigenvalue weighted by atomic mass is 10.1. The summed E-state index contributed by atoms with van der Waals surface area (Å²) in [6.45, 7) is 7.29. The molecule has 0 saturated heterocycles. The molecule has 0 rings (SSSR count). The van der Waals surface area contributed by atoms with E-state index in [0.717, 1.165) is 25.3 Å². The van der Waals surface area contributed by atoms with Gasteiger partial charge in [0.25, 0.3) is 0 Å². The van der Waals surface area contributed by atoms with Gasteiger partial charge in [-0.3, -0.25) is 4.79 Å². The van der Waals surface area contributed by atoms with Gasteiger partial charge in [-0.15, -0.1) is 0 Å². The average Bonchev–Trinajstić information content (AvgIpc) is 2.16. The molecule has 14 heavy (non-hydrogen) atoms. The lowest BCUT2D eigenvalue weighted by Crippen LogP contribution is -2.37. The molecule has 0 heterocycles. The normalized spacial score (nSPS) is 12.9. The first kappa shape index (κ1) is 13.4. The van der Waals surface area contributed by atoms with Crippen LogP contribution >= 0.6 is 0 Å². The second-order valence-electron chi connectivity index (χ2n) is 3.97. The minimum Gasteiger partial charge on any atom is -0.468 e. The number of rotatable bonds is 7. The van der Waals surface area contributed by atoms with Gasteiger partial charge in [-0.1, -0.05) is 20.8 Å². The van der Waals surface area contributed by atoms with Crippen molar-refractivity contribution in [3.8, 4) is 0 Å². The zero-order chi connectivity index (χ0) is 11.0. The standard InChI is InChI=1S/C11H23NO2/c1-5-10(11(13)14-4)12-8-6-7-9(2)3/h9-10,12H,5-8H2,1-4H3. The minimum atomic E-state index is -0.156. The van der Waals surface area contributed by atoms with Crippen molar-refractivity contribution in [1.29, 1.82) is 0 Å². The van der Waals surface area contributed by atoms with E-state index in [1.807, 2.05) is 6.92 Å². The fraction of sp³-hybridized carbons (Fsp3) is 0.909. The molecule has 3 heteroatoms. The van der Waals surface area contributed by atoms with Gasteiger partial charge in [0.05, 0.1) is 7.11 Å². The lowest BCUT2D eigenvalue weighted by Gasteiger charge is -2.14. The van der Waals surface area contributed by atoms with Crippen LogP contribution in [0.2, 0.25) is 0 Å². The molecule has 0 aliphatic heterocycles. The Balaban J connectivity index is 3.58. The Morgan fingerprint density at radius 3 is 2.50 bits per heavy atom. The maximum Gasteiger partial charge on any atom is 0.322 e. The van der Waals surface area contributed by atoms with Gasteiger partial charge in [0.1, 0.15) is 6.04 Å². The number of esters is 1. The number of ether oxygens (including phenoxy) is 1. The van der Waals surface area contributed by atoms with Crippen LogP contribution in [0.15, 0.2) is 0 Å². The Morgan fingerprint density at radius 2 is 2.07 bits per heavy atom. The molecule has 0 spiro atoms. The van der Waals surface area contributed by atoms with Crippen LogP contribution < -0.4 is 5.32 Å². The highest BCUT2D eigenvalue weighted by atomic mass is 16.5. The van der Waals surface area contributed by atoms with Crippen molar-refractivity contribution in [2.45, 2.75) is 46.1 Å². The highest BCUT2D eigenvalue weighted by Crippen LogP contribution is 2.02. The molecule has 1 unspecified atom stereocenters. The Morgan fingerprint density at radius 1 is 1.43 bits per heavy atom. The van der Waals surface area contributed by atoms with Crippen LogP contribution in [0, 0.1) is 5.92 Å². The molecular weight excluding hydrogens is 178 g/mol. The number of methoxy groups -OCH3 is 1. The Kier molecular flexibility index (Phi) is 7.48. The molecule has 0 aliphatic rings. The van der Waals surface area contributed by atoms with Gasteiger partial charge in [0.2, 0.25) is 0 Å². The van der Waals surface area contributed by atoms with Crippen molar-refractivity contribution >= 4 is 5.97 Å². The molecule has 0 aromatic rings. The van der Waals surface area contributed by atoms with Gasteiger partial charge >= 0.3 is 5.97 Å². The molecule has 0 aromatic carbocycles. The van der Waals surface area contributed by atoms with E-state index in [1.165, 1.54) is 13.5 Å². The number of nitrogens with one attached hydrogen (secondary N) is 1. The van der Waals surface area contributed by atoms with Crippen LogP contribution in [0.5, 0.6) is 0 Å². The zero-order valence-corrected chi connectivity index (χ0v) is 9.80. The summed E-state index contributed by atoms with van der Waals surface area (Å²) in [6, 6.07) is -0.132. The van der Waals surface area contributed by atoms with Gasteiger partial charge in [0, 0.05) is 0 Å². The lowest BCUT2D eigenvalue weighted by molar-refractivity contribution is -0.143. The van der Waals surface area contributed by atoms with Crippen molar-refractivity contribution in [2.75, 3.05) is 13.7 Å². The van der Waals surface area contributed by atoms with E-state index in [2.05, 4.69) is 23.9 Å². The van der Waals surface area contributed by atoms with Crippen molar-refractivity contribution in [3.05, 3.63) is 0 Å². The molecule has 0 aromatic heterocycles. The fourth-order valence-corrected chi connectivity index (χ4v) is 1.32. The largest absolute Gasteiger partial charge is 0.468 e. The molecule has 1 N–H and O–H groups in total. The molecule has 0 bridgehead atoms. The van der Waals surface area contributed by atoms with Crippen molar-refractivity contribution in [2.24, 2.45) is 5.92 Å². The topological polar surface area (TPSA) is 38.3 Å². The summed E-state index contributed by atoms with van der Waals surface area (Å²) in [5.74, 6) is 0.576. The molecule has 0 aliphatic carbocycles.